The molecule has 0 saturated carbocycles. The summed E-state index contributed by atoms with van der Waals surface area (Å²) < 4.78 is 41.9. The lowest BCUT2D eigenvalue weighted by Gasteiger charge is -2.23. The van der Waals surface area contributed by atoms with Crippen molar-refractivity contribution in [3.8, 4) is 0 Å². The zero-order valence-corrected chi connectivity index (χ0v) is 15.1. The monoisotopic (exact) mass is 388 g/mol. The molecule has 0 aliphatic heterocycles. The van der Waals surface area contributed by atoms with Crippen LogP contribution in [0.3, 0.4) is 0 Å². The van der Waals surface area contributed by atoms with Crippen LogP contribution in [0.2, 0.25) is 0 Å². The van der Waals surface area contributed by atoms with Crippen LogP contribution in [-0.4, -0.2) is 49.1 Å². The smallest absolute Gasteiger partial charge is 0.465 e. The largest absolute Gasteiger partial charge is 0.471 e. The zero-order valence-electron chi connectivity index (χ0n) is 15.1. The number of ketones is 1. The van der Waals surface area contributed by atoms with Crippen molar-refractivity contribution < 1.29 is 32.3 Å². The van der Waals surface area contributed by atoms with E-state index in [0.29, 0.717) is 6.42 Å². The van der Waals surface area contributed by atoms with Gasteiger partial charge in [0.2, 0.25) is 0 Å². The van der Waals surface area contributed by atoms with Gasteiger partial charge in [0.25, 0.3) is 0 Å². The normalized spacial score (nSPS) is 13.5. The molecule has 1 aromatic carbocycles. The first-order valence-electron chi connectivity index (χ1n) is 8.47. The van der Waals surface area contributed by atoms with Gasteiger partial charge in [0, 0.05) is 6.54 Å². The van der Waals surface area contributed by atoms with Gasteiger partial charge >= 0.3 is 18.1 Å². The molecule has 0 saturated heterocycles. The lowest BCUT2D eigenvalue weighted by molar-refractivity contribution is -0.173. The SMILES string of the molecule is CCOC(=O)C(CCc1ccccc1)NC(CNC(=O)C(F)(F)F)C(C)=O. The summed E-state index contributed by atoms with van der Waals surface area (Å²) in [5, 5.41) is 4.36. The van der Waals surface area contributed by atoms with Crippen LogP contribution in [0.4, 0.5) is 13.2 Å². The van der Waals surface area contributed by atoms with Crippen molar-refractivity contribution in [3.63, 3.8) is 0 Å². The number of hydrogen-bond acceptors (Lipinski definition) is 5. The molecule has 0 radical (unpaired) electrons. The standard InChI is InChI=1S/C18H23F3N2O4/c1-3-27-16(25)14(10-9-13-7-5-4-6-8-13)23-15(12(2)24)11-22-17(26)18(19,20)21/h4-8,14-15,23H,3,9-11H2,1-2H3,(H,22,26). The summed E-state index contributed by atoms with van der Waals surface area (Å²) in [6, 6.07) is 7.21. The van der Waals surface area contributed by atoms with E-state index in [-0.39, 0.29) is 13.0 Å². The minimum atomic E-state index is -5.05. The van der Waals surface area contributed by atoms with Crippen LogP contribution in [-0.2, 0) is 25.5 Å². The summed E-state index contributed by atoms with van der Waals surface area (Å²) in [4.78, 5) is 34.9. The predicted octanol–water partition coefficient (Wildman–Crippen LogP) is 1.78. The van der Waals surface area contributed by atoms with Gasteiger partial charge in [-0.15, -0.1) is 0 Å². The molecule has 0 bridgehead atoms. The molecule has 0 aromatic heterocycles. The number of aryl methyl sites for hydroxylation is 1. The van der Waals surface area contributed by atoms with Crippen LogP contribution in [0.15, 0.2) is 30.3 Å². The van der Waals surface area contributed by atoms with E-state index >= 15 is 0 Å². The van der Waals surface area contributed by atoms with Crippen molar-refractivity contribution in [3.05, 3.63) is 35.9 Å². The van der Waals surface area contributed by atoms with Crippen LogP contribution < -0.4 is 10.6 Å². The second-order valence-electron chi connectivity index (χ2n) is 5.87. The molecule has 9 heteroatoms. The molecule has 27 heavy (non-hydrogen) atoms. The molecule has 0 spiro atoms. The topological polar surface area (TPSA) is 84.5 Å². The van der Waals surface area contributed by atoms with E-state index in [1.807, 2.05) is 30.3 Å². The van der Waals surface area contributed by atoms with Crippen molar-refractivity contribution in [2.45, 2.75) is 44.9 Å². The maximum Gasteiger partial charge on any atom is 0.471 e. The fourth-order valence-corrected chi connectivity index (χ4v) is 2.33. The van der Waals surface area contributed by atoms with Crippen LogP contribution in [0, 0.1) is 0 Å². The second-order valence-corrected chi connectivity index (χ2v) is 5.87. The fraction of sp³-hybridized carbons (Fsp3) is 0.500. The van der Waals surface area contributed by atoms with Gasteiger partial charge in [-0.05, 0) is 32.3 Å². The van der Waals surface area contributed by atoms with Gasteiger partial charge in [-0.3, -0.25) is 19.7 Å². The molecule has 2 unspecified atom stereocenters. The molecule has 6 nitrogen and oxygen atoms in total. The number of carbonyl (C=O) groups is 3. The minimum absolute atomic E-state index is 0.123. The number of Topliss-reactive ketones (excluding diaryl/α,β-unsaturated/α-hetero) is 1. The van der Waals surface area contributed by atoms with E-state index in [4.69, 9.17) is 4.74 Å². The van der Waals surface area contributed by atoms with Gasteiger partial charge in [0.15, 0.2) is 0 Å². The van der Waals surface area contributed by atoms with Crippen LogP contribution in [0.5, 0.6) is 0 Å². The highest BCUT2D eigenvalue weighted by atomic mass is 19.4. The third-order valence-corrected chi connectivity index (χ3v) is 3.75. The van der Waals surface area contributed by atoms with E-state index in [1.54, 1.807) is 12.2 Å². The van der Waals surface area contributed by atoms with E-state index in [2.05, 4.69) is 5.32 Å². The number of halogens is 3. The zero-order chi connectivity index (χ0) is 20.4. The number of amides is 1. The third kappa shape index (κ3) is 8.21. The van der Waals surface area contributed by atoms with Crippen LogP contribution in [0.25, 0.3) is 0 Å². The first kappa shape index (κ1) is 22.6. The number of esters is 1. The fourth-order valence-electron chi connectivity index (χ4n) is 2.33. The molecule has 1 aromatic rings. The lowest BCUT2D eigenvalue weighted by Crippen LogP contribution is -2.53. The highest BCUT2D eigenvalue weighted by Crippen LogP contribution is 2.14. The number of benzene rings is 1. The van der Waals surface area contributed by atoms with Gasteiger partial charge in [0.05, 0.1) is 12.6 Å². The first-order valence-corrected chi connectivity index (χ1v) is 8.47. The Morgan fingerprint density at radius 1 is 1.11 bits per heavy atom. The van der Waals surface area contributed by atoms with E-state index in [1.165, 1.54) is 0 Å². The Morgan fingerprint density at radius 3 is 2.26 bits per heavy atom. The summed E-state index contributed by atoms with van der Waals surface area (Å²) in [6.07, 6.45) is -4.27. The first-order chi connectivity index (χ1) is 12.6. The molecule has 2 atom stereocenters. The maximum absolute atomic E-state index is 12.3. The number of ether oxygens (including phenoxy) is 1. The molecular weight excluding hydrogens is 365 g/mol. The van der Waals surface area contributed by atoms with Crippen LogP contribution in [0.1, 0.15) is 25.8 Å². The highest BCUT2D eigenvalue weighted by molar-refractivity contribution is 5.85. The van der Waals surface area contributed by atoms with Gasteiger partial charge < -0.3 is 10.1 Å². The maximum atomic E-state index is 12.3. The average Bonchev–Trinajstić information content (AvgIpc) is 2.60. The molecule has 0 heterocycles. The summed E-state index contributed by atoms with van der Waals surface area (Å²) in [6.45, 7) is 2.32. The summed E-state index contributed by atoms with van der Waals surface area (Å²) >= 11 is 0. The molecular formula is C18H23F3N2O4. The highest BCUT2D eigenvalue weighted by Gasteiger charge is 2.39. The quantitative estimate of drug-likeness (QED) is 0.597. The molecule has 1 rings (SSSR count). The Labute approximate surface area is 155 Å². The van der Waals surface area contributed by atoms with Crippen molar-refractivity contribution in [1.82, 2.24) is 10.6 Å². The molecule has 0 fully saturated rings. The number of rotatable bonds is 10. The van der Waals surface area contributed by atoms with Crippen molar-refractivity contribution in [2.24, 2.45) is 0 Å². The van der Waals surface area contributed by atoms with E-state index < -0.39 is 42.5 Å². The van der Waals surface area contributed by atoms with Gasteiger partial charge in [-0.2, -0.15) is 13.2 Å². The lowest BCUT2D eigenvalue weighted by atomic mass is 10.0. The molecule has 2 N–H and O–H groups in total. The Hall–Kier alpha value is -2.42. The summed E-state index contributed by atoms with van der Waals surface area (Å²) in [7, 11) is 0. The predicted molar refractivity (Wildman–Crippen MR) is 91.9 cm³/mol. The van der Waals surface area contributed by atoms with Gasteiger partial charge in [0.1, 0.15) is 11.8 Å². The van der Waals surface area contributed by atoms with Crippen molar-refractivity contribution in [2.75, 3.05) is 13.2 Å². The van der Waals surface area contributed by atoms with Crippen LogP contribution >= 0.6 is 0 Å². The van der Waals surface area contributed by atoms with Gasteiger partial charge in [-0.1, -0.05) is 30.3 Å². The van der Waals surface area contributed by atoms with Crippen molar-refractivity contribution in [1.29, 1.82) is 0 Å². The number of hydrogen-bond donors (Lipinski definition) is 2. The molecule has 150 valence electrons. The molecule has 0 aliphatic rings. The van der Waals surface area contributed by atoms with E-state index in [9.17, 15) is 27.6 Å². The molecule has 1 amide bonds. The van der Waals surface area contributed by atoms with Crippen molar-refractivity contribution >= 4 is 17.7 Å². The Balaban J connectivity index is 2.77. The number of carbonyl (C=O) groups excluding carboxylic acids is 3. The molecule has 0 aliphatic carbocycles. The Kier molecular flexibility index (Phi) is 8.93. The number of alkyl halides is 3. The van der Waals surface area contributed by atoms with Gasteiger partial charge in [-0.25, -0.2) is 0 Å². The second kappa shape index (κ2) is 10.7. The summed E-state index contributed by atoms with van der Waals surface area (Å²) in [5.41, 5.74) is 0.957. The minimum Gasteiger partial charge on any atom is -0.465 e. The Morgan fingerprint density at radius 2 is 1.74 bits per heavy atom. The van der Waals surface area contributed by atoms with E-state index in [0.717, 1.165) is 12.5 Å². The Bertz CT molecular complexity index is 635. The number of nitrogens with one attached hydrogen (secondary N) is 2. The average molecular weight is 388 g/mol. The summed E-state index contributed by atoms with van der Waals surface area (Å²) in [5.74, 6) is -3.26. The third-order valence-electron chi connectivity index (χ3n) is 3.75.